The molecule has 1 aromatic rings. The molecule has 80 valence electrons. The molecule has 0 saturated heterocycles. The Bertz CT molecular complexity index is 372. The molecule has 1 aromatic carbocycles. The summed E-state index contributed by atoms with van der Waals surface area (Å²) < 4.78 is 0. The molecule has 15 heavy (non-hydrogen) atoms. The molecule has 3 heteroatoms. The van der Waals surface area contributed by atoms with Crippen molar-refractivity contribution in [1.82, 2.24) is 4.90 Å². The van der Waals surface area contributed by atoms with Gasteiger partial charge < -0.3 is 10.0 Å². The van der Waals surface area contributed by atoms with Gasteiger partial charge in [0, 0.05) is 25.9 Å². The predicted octanol–water partition coefficient (Wildman–Crippen LogP) is 2.03. The zero-order chi connectivity index (χ0) is 11.3. The molecular weight excluding hydrogens is 190 g/mol. The van der Waals surface area contributed by atoms with Crippen molar-refractivity contribution in [1.29, 1.82) is 0 Å². The van der Waals surface area contributed by atoms with E-state index in [1.807, 2.05) is 43.1 Å². The molecule has 3 nitrogen and oxygen atoms in total. The number of benzene rings is 1. The fourth-order valence-corrected chi connectivity index (χ4v) is 1.30. The molecule has 1 N–H and O–H groups in total. The van der Waals surface area contributed by atoms with E-state index in [1.54, 1.807) is 6.20 Å². The number of carboxylic acid groups (broad SMARTS) is 1. The van der Waals surface area contributed by atoms with Crippen LogP contribution in [0.1, 0.15) is 11.1 Å². The van der Waals surface area contributed by atoms with Crippen molar-refractivity contribution in [2.24, 2.45) is 0 Å². The third-order valence-electron chi connectivity index (χ3n) is 2.15. The highest BCUT2D eigenvalue weighted by molar-refractivity contribution is 5.79. The van der Waals surface area contributed by atoms with E-state index in [9.17, 15) is 4.79 Å². The molecular formula is C12H15NO2. The molecule has 0 aromatic heterocycles. The Balaban J connectivity index is 2.62. The molecule has 0 heterocycles. The zero-order valence-electron chi connectivity index (χ0n) is 8.97. The Morgan fingerprint density at radius 3 is 2.73 bits per heavy atom. The Hall–Kier alpha value is -1.77. The van der Waals surface area contributed by atoms with Crippen LogP contribution in [0.3, 0.4) is 0 Å². The Morgan fingerprint density at radius 2 is 2.13 bits per heavy atom. The summed E-state index contributed by atoms with van der Waals surface area (Å²) in [7, 11) is 1.85. The second-order valence-electron chi connectivity index (χ2n) is 3.50. The molecule has 0 atom stereocenters. The summed E-state index contributed by atoms with van der Waals surface area (Å²) >= 11 is 0. The van der Waals surface area contributed by atoms with Crippen LogP contribution in [0, 0.1) is 6.92 Å². The number of rotatable bonds is 4. The van der Waals surface area contributed by atoms with E-state index < -0.39 is 5.97 Å². The van der Waals surface area contributed by atoms with E-state index >= 15 is 0 Å². The van der Waals surface area contributed by atoms with Crippen LogP contribution in [0.15, 0.2) is 36.5 Å². The van der Waals surface area contributed by atoms with Gasteiger partial charge in [-0.05, 0) is 18.1 Å². The first-order valence-corrected chi connectivity index (χ1v) is 4.75. The zero-order valence-corrected chi connectivity index (χ0v) is 8.97. The van der Waals surface area contributed by atoms with Gasteiger partial charge in [0.05, 0.1) is 0 Å². The minimum Gasteiger partial charge on any atom is -0.478 e. The minimum atomic E-state index is -0.924. The first-order chi connectivity index (χ1) is 7.09. The second kappa shape index (κ2) is 5.20. The normalized spacial score (nSPS) is 10.5. The third-order valence-corrected chi connectivity index (χ3v) is 2.15. The Morgan fingerprint density at radius 1 is 1.47 bits per heavy atom. The summed E-state index contributed by atoms with van der Waals surface area (Å²) in [6.07, 6.45) is 2.70. The van der Waals surface area contributed by atoms with E-state index in [4.69, 9.17) is 5.11 Å². The lowest BCUT2D eigenvalue weighted by Gasteiger charge is -2.15. The number of carboxylic acids is 1. The van der Waals surface area contributed by atoms with Crippen molar-refractivity contribution < 1.29 is 9.90 Å². The van der Waals surface area contributed by atoms with Crippen molar-refractivity contribution in [2.45, 2.75) is 13.5 Å². The van der Waals surface area contributed by atoms with E-state index in [2.05, 4.69) is 0 Å². The number of carbonyl (C=O) groups is 1. The first-order valence-electron chi connectivity index (χ1n) is 4.75. The van der Waals surface area contributed by atoms with E-state index in [1.165, 1.54) is 11.1 Å². The largest absolute Gasteiger partial charge is 0.478 e. The summed E-state index contributed by atoms with van der Waals surface area (Å²) in [6.45, 7) is 2.76. The number of aliphatic carboxylic acids is 1. The fourth-order valence-electron chi connectivity index (χ4n) is 1.30. The van der Waals surface area contributed by atoms with Crippen LogP contribution < -0.4 is 0 Å². The summed E-state index contributed by atoms with van der Waals surface area (Å²) in [4.78, 5) is 12.2. The standard InChI is InChI=1S/C12H15NO2/c1-10-5-3-4-6-11(10)9-13(2)8-7-12(14)15/h3-8H,9H2,1-2H3,(H,14,15). The number of aryl methyl sites for hydroxylation is 1. The molecule has 0 radical (unpaired) electrons. The molecule has 1 rings (SSSR count). The van der Waals surface area contributed by atoms with Crippen LogP contribution >= 0.6 is 0 Å². The second-order valence-corrected chi connectivity index (χ2v) is 3.50. The summed E-state index contributed by atoms with van der Waals surface area (Å²) in [5, 5.41) is 8.47. The van der Waals surface area contributed by atoms with Crippen molar-refractivity contribution >= 4 is 5.97 Å². The van der Waals surface area contributed by atoms with Crippen LogP contribution in [0.4, 0.5) is 0 Å². The lowest BCUT2D eigenvalue weighted by atomic mass is 10.1. The monoisotopic (exact) mass is 205 g/mol. The van der Waals surface area contributed by atoms with Gasteiger partial charge >= 0.3 is 5.97 Å². The van der Waals surface area contributed by atoms with Gasteiger partial charge in [0.1, 0.15) is 0 Å². The number of nitrogens with zero attached hydrogens (tertiary/aromatic N) is 1. The minimum absolute atomic E-state index is 0.719. The number of hydrogen-bond donors (Lipinski definition) is 1. The van der Waals surface area contributed by atoms with Crippen molar-refractivity contribution in [3.63, 3.8) is 0 Å². The fraction of sp³-hybridized carbons (Fsp3) is 0.250. The van der Waals surface area contributed by atoms with Crippen LogP contribution in [0.25, 0.3) is 0 Å². The molecule has 0 amide bonds. The van der Waals surface area contributed by atoms with Gasteiger partial charge in [-0.15, -0.1) is 0 Å². The highest BCUT2D eigenvalue weighted by Crippen LogP contribution is 2.09. The molecule has 0 saturated carbocycles. The van der Waals surface area contributed by atoms with Crippen molar-refractivity contribution in [2.75, 3.05) is 7.05 Å². The summed E-state index contributed by atoms with van der Waals surface area (Å²) in [6, 6.07) is 8.06. The molecule has 0 unspecified atom stereocenters. The lowest BCUT2D eigenvalue weighted by Crippen LogP contribution is -2.11. The lowest BCUT2D eigenvalue weighted by molar-refractivity contribution is -0.131. The highest BCUT2D eigenvalue weighted by Gasteiger charge is 1.99. The van der Waals surface area contributed by atoms with E-state index in [-0.39, 0.29) is 0 Å². The predicted molar refractivity (Wildman–Crippen MR) is 59.4 cm³/mol. The van der Waals surface area contributed by atoms with Gasteiger partial charge in [-0.3, -0.25) is 0 Å². The third kappa shape index (κ3) is 3.85. The first kappa shape index (κ1) is 11.3. The van der Waals surface area contributed by atoms with Gasteiger partial charge in [0.25, 0.3) is 0 Å². The molecule has 0 fully saturated rings. The van der Waals surface area contributed by atoms with Gasteiger partial charge in [0.2, 0.25) is 0 Å². The van der Waals surface area contributed by atoms with Crippen molar-refractivity contribution in [3.05, 3.63) is 47.7 Å². The Labute approximate surface area is 89.6 Å². The average Bonchev–Trinajstić information content (AvgIpc) is 2.18. The number of hydrogen-bond acceptors (Lipinski definition) is 2. The average molecular weight is 205 g/mol. The van der Waals surface area contributed by atoms with Crippen LogP contribution in [0.2, 0.25) is 0 Å². The van der Waals surface area contributed by atoms with E-state index in [0.717, 1.165) is 12.6 Å². The Kier molecular flexibility index (Phi) is 3.92. The molecule has 0 aliphatic carbocycles. The van der Waals surface area contributed by atoms with Gasteiger partial charge in [-0.25, -0.2) is 4.79 Å². The molecule has 0 aliphatic heterocycles. The van der Waals surface area contributed by atoms with Crippen LogP contribution in [-0.4, -0.2) is 23.0 Å². The topological polar surface area (TPSA) is 40.5 Å². The maximum Gasteiger partial charge on any atom is 0.329 e. The van der Waals surface area contributed by atoms with Crippen LogP contribution in [0.5, 0.6) is 0 Å². The maximum absolute atomic E-state index is 10.3. The van der Waals surface area contributed by atoms with Gasteiger partial charge in [-0.2, -0.15) is 0 Å². The molecule has 0 spiro atoms. The highest BCUT2D eigenvalue weighted by atomic mass is 16.4. The van der Waals surface area contributed by atoms with E-state index in [0.29, 0.717) is 0 Å². The molecule has 0 bridgehead atoms. The summed E-state index contributed by atoms with van der Waals surface area (Å²) in [5.41, 5.74) is 2.42. The van der Waals surface area contributed by atoms with Crippen LogP contribution in [-0.2, 0) is 11.3 Å². The quantitative estimate of drug-likeness (QED) is 0.764. The smallest absolute Gasteiger partial charge is 0.329 e. The SMILES string of the molecule is Cc1ccccc1CN(C)C=CC(=O)O. The van der Waals surface area contributed by atoms with Gasteiger partial charge in [0.15, 0.2) is 0 Å². The maximum atomic E-state index is 10.3. The van der Waals surface area contributed by atoms with Gasteiger partial charge in [-0.1, -0.05) is 24.3 Å². The van der Waals surface area contributed by atoms with Crippen molar-refractivity contribution in [3.8, 4) is 0 Å². The summed E-state index contributed by atoms with van der Waals surface area (Å²) in [5.74, 6) is -0.924. The molecule has 0 aliphatic rings.